The summed E-state index contributed by atoms with van der Waals surface area (Å²) < 4.78 is 4.94. The standard InChI is InChI=1S/C11H18O2/c1-4-13-10(12)9-5-7-11(2,3)8-6-9/h5H,4,6-8H2,1-3H3. The highest BCUT2D eigenvalue weighted by molar-refractivity contribution is 5.88. The number of hydrogen-bond donors (Lipinski definition) is 0. The van der Waals surface area contributed by atoms with Crippen LogP contribution in [0.3, 0.4) is 0 Å². The lowest BCUT2D eigenvalue weighted by molar-refractivity contribution is -0.138. The van der Waals surface area contributed by atoms with E-state index in [0.717, 1.165) is 24.8 Å². The first-order chi connectivity index (χ1) is 6.05. The predicted molar refractivity (Wildman–Crippen MR) is 52.3 cm³/mol. The number of ether oxygens (including phenoxy) is 1. The van der Waals surface area contributed by atoms with E-state index in [2.05, 4.69) is 13.8 Å². The molecule has 0 atom stereocenters. The van der Waals surface area contributed by atoms with Gasteiger partial charge in [-0.25, -0.2) is 4.79 Å². The van der Waals surface area contributed by atoms with Gasteiger partial charge in [0.25, 0.3) is 0 Å². The zero-order valence-corrected chi connectivity index (χ0v) is 8.72. The molecule has 0 saturated carbocycles. The second kappa shape index (κ2) is 3.95. The largest absolute Gasteiger partial charge is 0.463 e. The highest BCUT2D eigenvalue weighted by atomic mass is 16.5. The van der Waals surface area contributed by atoms with Gasteiger partial charge in [-0.2, -0.15) is 0 Å². The first kappa shape index (κ1) is 10.3. The zero-order valence-electron chi connectivity index (χ0n) is 8.72. The molecule has 0 bridgehead atoms. The lowest BCUT2D eigenvalue weighted by atomic mass is 9.78. The van der Waals surface area contributed by atoms with Crippen molar-refractivity contribution in [2.24, 2.45) is 5.41 Å². The molecule has 0 heterocycles. The van der Waals surface area contributed by atoms with Crippen molar-refractivity contribution in [1.29, 1.82) is 0 Å². The molecule has 0 aromatic carbocycles. The number of allylic oxidation sites excluding steroid dienone is 1. The van der Waals surface area contributed by atoms with E-state index in [1.807, 2.05) is 13.0 Å². The lowest BCUT2D eigenvalue weighted by Crippen LogP contribution is -2.18. The molecule has 2 heteroatoms. The maximum atomic E-state index is 11.3. The maximum absolute atomic E-state index is 11.3. The summed E-state index contributed by atoms with van der Waals surface area (Å²) in [7, 11) is 0. The van der Waals surface area contributed by atoms with Gasteiger partial charge in [-0.15, -0.1) is 0 Å². The Kier molecular flexibility index (Phi) is 3.12. The summed E-state index contributed by atoms with van der Waals surface area (Å²) in [4.78, 5) is 11.3. The molecule has 0 radical (unpaired) electrons. The fraction of sp³-hybridized carbons (Fsp3) is 0.727. The average Bonchev–Trinajstić information content (AvgIpc) is 2.04. The van der Waals surface area contributed by atoms with Crippen LogP contribution in [0.4, 0.5) is 0 Å². The smallest absolute Gasteiger partial charge is 0.333 e. The fourth-order valence-electron chi connectivity index (χ4n) is 1.49. The third-order valence-corrected chi connectivity index (χ3v) is 2.51. The van der Waals surface area contributed by atoms with Crippen LogP contribution < -0.4 is 0 Å². The van der Waals surface area contributed by atoms with Crippen LogP contribution in [-0.4, -0.2) is 12.6 Å². The molecular weight excluding hydrogens is 164 g/mol. The molecule has 13 heavy (non-hydrogen) atoms. The number of esters is 1. The van der Waals surface area contributed by atoms with Gasteiger partial charge in [0.1, 0.15) is 0 Å². The summed E-state index contributed by atoms with van der Waals surface area (Å²) in [6.45, 7) is 6.77. The van der Waals surface area contributed by atoms with Crippen molar-refractivity contribution in [2.75, 3.05) is 6.61 Å². The molecule has 0 amide bonds. The number of hydrogen-bond acceptors (Lipinski definition) is 2. The van der Waals surface area contributed by atoms with Crippen LogP contribution in [0, 0.1) is 5.41 Å². The summed E-state index contributed by atoms with van der Waals surface area (Å²) in [5.41, 5.74) is 1.22. The van der Waals surface area contributed by atoms with Gasteiger partial charge in [-0.3, -0.25) is 0 Å². The number of carbonyl (C=O) groups is 1. The van der Waals surface area contributed by atoms with Crippen LogP contribution in [0.1, 0.15) is 40.0 Å². The lowest BCUT2D eigenvalue weighted by Gasteiger charge is -2.27. The topological polar surface area (TPSA) is 26.3 Å². The molecule has 2 nitrogen and oxygen atoms in total. The Balaban J connectivity index is 2.55. The summed E-state index contributed by atoms with van der Waals surface area (Å²) >= 11 is 0. The van der Waals surface area contributed by atoms with Gasteiger partial charge < -0.3 is 4.74 Å². The van der Waals surface area contributed by atoms with E-state index in [1.54, 1.807) is 0 Å². The molecule has 0 N–H and O–H groups in total. The third kappa shape index (κ3) is 2.87. The van der Waals surface area contributed by atoms with Crippen LogP contribution in [0.5, 0.6) is 0 Å². The predicted octanol–water partition coefficient (Wildman–Crippen LogP) is 2.69. The van der Waals surface area contributed by atoms with Crippen molar-refractivity contribution in [3.63, 3.8) is 0 Å². The van der Waals surface area contributed by atoms with E-state index in [9.17, 15) is 4.79 Å². The molecule has 1 aliphatic rings. The highest BCUT2D eigenvalue weighted by Crippen LogP contribution is 2.34. The van der Waals surface area contributed by atoms with Crippen molar-refractivity contribution in [3.05, 3.63) is 11.6 Å². The Labute approximate surface area is 80.0 Å². The summed E-state index contributed by atoms with van der Waals surface area (Å²) in [5.74, 6) is -0.127. The van der Waals surface area contributed by atoms with Gasteiger partial charge >= 0.3 is 5.97 Å². The summed E-state index contributed by atoms with van der Waals surface area (Å²) in [5, 5.41) is 0. The van der Waals surface area contributed by atoms with Gasteiger partial charge in [0.15, 0.2) is 0 Å². The molecule has 0 fully saturated rings. The molecule has 74 valence electrons. The van der Waals surface area contributed by atoms with Crippen molar-refractivity contribution in [2.45, 2.75) is 40.0 Å². The van der Waals surface area contributed by atoms with Crippen molar-refractivity contribution in [3.8, 4) is 0 Å². The van der Waals surface area contributed by atoms with E-state index in [4.69, 9.17) is 4.74 Å². The van der Waals surface area contributed by atoms with E-state index in [1.165, 1.54) is 0 Å². The van der Waals surface area contributed by atoms with Crippen molar-refractivity contribution in [1.82, 2.24) is 0 Å². The molecule has 0 saturated heterocycles. The minimum Gasteiger partial charge on any atom is -0.463 e. The quantitative estimate of drug-likeness (QED) is 0.614. The van der Waals surface area contributed by atoms with E-state index >= 15 is 0 Å². The van der Waals surface area contributed by atoms with Crippen LogP contribution in [0.15, 0.2) is 11.6 Å². The zero-order chi connectivity index (χ0) is 9.90. The molecule has 0 spiro atoms. The highest BCUT2D eigenvalue weighted by Gasteiger charge is 2.24. The minimum atomic E-state index is -0.127. The van der Waals surface area contributed by atoms with E-state index in [0.29, 0.717) is 12.0 Å². The fourth-order valence-corrected chi connectivity index (χ4v) is 1.49. The van der Waals surface area contributed by atoms with Crippen molar-refractivity contribution < 1.29 is 9.53 Å². The molecule has 0 aromatic heterocycles. The molecule has 0 unspecified atom stereocenters. The second-order valence-corrected chi connectivity index (χ2v) is 4.32. The molecule has 0 aromatic rings. The molecule has 1 aliphatic carbocycles. The third-order valence-electron chi connectivity index (χ3n) is 2.51. The Morgan fingerprint density at radius 1 is 1.62 bits per heavy atom. The molecule has 1 rings (SSSR count). The van der Waals surface area contributed by atoms with Crippen LogP contribution >= 0.6 is 0 Å². The summed E-state index contributed by atoms with van der Waals surface area (Å²) in [6.07, 6.45) is 4.96. The normalized spacial score (nSPS) is 20.7. The van der Waals surface area contributed by atoms with E-state index < -0.39 is 0 Å². The first-order valence-corrected chi connectivity index (χ1v) is 4.91. The maximum Gasteiger partial charge on any atom is 0.333 e. The van der Waals surface area contributed by atoms with Crippen LogP contribution in [0.25, 0.3) is 0 Å². The van der Waals surface area contributed by atoms with Crippen LogP contribution in [-0.2, 0) is 9.53 Å². The summed E-state index contributed by atoms with van der Waals surface area (Å²) in [6, 6.07) is 0. The number of carbonyl (C=O) groups excluding carboxylic acids is 1. The van der Waals surface area contributed by atoms with Gasteiger partial charge in [0, 0.05) is 5.57 Å². The Hall–Kier alpha value is -0.790. The SMILES string of the molecule is CCOC(=O)C1=CCC(C)(C)CC1. The number of rotatable bonds is 2. The average molecular weight is 182 g/mol. The first-order valence-electron chi connectivity index (χ1n) is 4.91. The molecule has 0 aliphatic heterocycles. The second-order valence-electron chi connectivity index (χ2n) is 4.32. The minimum absolute atomic E-state index is 0.127. The van der Waals surface area contributed by atoms with Gasteiger partial charge in [0.2, 0.25) is 0 Å². The van der Waals surface area contributed by atoms with Gasteiger partial charge in [-0.05, 0) is 31.6 Å². The van der Waals surface area contributed by atoms with Gasteiger partial charge in [-0.1, -0.05) is 19.9 Å². The monoisotopic (exact) mass is 182 g/mol. The Morgan fingerprint density at radius 2 is 2.31 bits per heavy atom. The van der Waals surface area contributed by atoms with Crippen LogP contribution in [0.2, 0.25) is 0 Å². The Morgan fingerprint density at radius 3 is 2.77 bits per heavy atom. The van der Waals surface area contributed by atoms with Gasteiger partial charge in [0.05, 0.1) is 6.61 Å². The molecular formula is C11H18O2. The Bertz CT molecular complexity index is 226. The van der Waals surface area contributed by atoms with Crippen molar-refractivity contribution >= 4 is 5.97 Å². The van der Waals surface area contributed by atoms with E-state index in [-0.39, 0.29) is 5.97 Å².